The number of hydrogen-bond acceptors (Lipinski definition) is 2. The smallest absolute Gasteiger partial charge is 0.134 e. The molecule has 2 heteroatoms. The van der Waals surface area contributed by atoms with Crippen molar-refractivity contribution >= 4 is 16.5 Å². The van der Waals surface area contributed by atoms with E-state index in [4.69, 9.17) is 4.42 Å². The summed E-state index contributed by atoms with van der Waals surface area (Å²) in [5.41, 5.74) is 3.12. The van der Waals surface area contributed by atoms with Gasteiger partial charge in [-0.2, -0.15) is 0 Å². The molecule has 0 bridgehead atoms. The van der Waals surface area contributed by atoms with Crippen molar-refractivity contribution in [2.75, 3.05) is 7.05 Å². The Morgan fingerprint density at radius 1 is 1.40 bits per heavy atom. The van der Waals surface area contributed by atoms with Crippen LogP contribution in [0.3, 0.4) is 0 Å². The van der Waals surface area contributed by atoms with Crippen LogP contribution >= 0.6 is 0 Å². The zero-order valence-electron chi connectivity index (χ0n) is 9.08. The lowest BCUT2D eigenvalue weighted by Gasteiger charge is -2.13. The first-order valence-electron chi connectivity index (χ1n) is 5.06. The van der Waals surface area contributed by atoms with Gasteiger partial charge in [-0.25, -0.2) is 0 Å². The van der Waals surface area contributed by atoms with Crippen LogP contribution < -0.4 is 5.32 Å². The number of likely N-dealkylation sites (N-methyl/N-ethyl adjacent to an activating group) is 1. The predicted octanol–water partition coefficient (Wildman–Crippen LogP) is 3.05. The molecule has 0 saturated heterocycles. The Balaban J connectivity index is 2.39. The van der Waals surface area contributed by atoms with Gasteiger partial charge >= 0.3 is 0 Å². The van der Waals surface area contributed by atoms with Crippen LogP contribution in [-0.2, 0) is 0 Å². The quantitative estimate of drug-likeness (QED) is 0.825. The Hall–Kier alpha value is -1.54. The average Bonchev–Trinajstić information content (AvgIpc) is 2.73. The Labute approximate surface area is 89.6 Å². The first-order valence-corrected chi connectivity index (χ1v) is 5.06. The first-order chi connectivity index (χ1) is 7.22. The number of fused-ring (bicyclic) bond motifs is 1. The molecule has 0 radical (unpaired) electrons. The standard InChI is InChI=1S/C13H15NO/c1-9(10(2)14-3)12-5-4-11-6-7-15-13(11)8-12/h4-8,10,14H,1H2,2-3H3/t10-/m0/s1. The molecule has 0 aliphatic heterocycles. The molecule has 0 aliphatic carbocycles. The molecule has 0 unspecified atom stereocenters. The van der Waals surface area contributed by atoms with Crippen molar-refractivity contribution in [1.82, 2.24) is 5.32 Å². The summed E-state index contributed by atoms with van der Waals surface area (Å²) in [6, 6.07) is 8.40. The van der Waals surface area contributed by atoms with E-state index in [0.717, 1.165) is 22.1 Å². The number of furan rings is 1. The molecule has 0 aliphatic rings. The van der Waals surface area contributed by atoms with Gasteiger partial charge in [0.15, 0.2) is 0 Å². The van der Waals surface area contributed by atoms with Crippen LogP contribution in [0.1, 0.15) is 12.5 Å². The third-order valence-corrected chi connectivity index (χ3v) is 2.78. The SMILES string of the molecule is C=C(c1ccc2ccoc2c1)[C@H](C)NC. The molecule has 1 atom stereocenters. The maximum Gasteiger partial charge on any atom is 0.134 e. The maximum atomic E-state index is 5.36. The average molecular weight is 201 g/mol. The molecule has 2 aromatic rings. The van der Waals surface area contributed by atoms with Crippen LogP contribution in [0.25, 0.3) is 16.5 Å². The van der Waals surface area contributed by atoms with Gasteiger partial charge in [-0.15, -0.1) is 0 Å². The molecule has 0 spiro atoms. The van der Waals surface area contributed by atoms with Gasteiger partial charge in [0.05, 0.1) is 6.26 Å². The van der Waals surface area contributed by atoms with Crippen LogP contribution in [0.15, 0.2) is 41.5 Å². The fourth-order valence-corrected chi connectivity index (χ4v) is 1.58. The third kappa shape index (κ3) is 1.81. The van der Waals surface area contributed by atoms with Crippen molar-refractivity contribution < 1.29 is 4.42 Å². The Bertz CT molecular complexity index is 484. The van der Waals surface area contributed by atoms with Crippen LogP contribution in [0.2, 0.25) is 0 Å². The number of rotatable bonds is 3. The van der Waals surface area contributed by atoms with Crippen molar-refractivity contribution in [3.8, 4) is 0 Å². The summed E-state index contributed by atoms with van der Waals surface area (Å²) in [6.07, 6.45) is 1.71. The van der Waals surface area contributed by atoms with E-state index in [-0.39, 0.29) is 6.04 Å². The molecule has 0 saturated carbocycles. The van der Waals surface area contributed by atoms with Gasteiger partial charge in [-0.05, 0) is 37.2 Å². The van der Waals surface area contributed by atoms with Crippen molar-refractivity contribution in [3.63, 3.8) is 0 Å². The molecule has 0 amide bonds. The molecule has 0 fully saturated rings. The molecule has 2 rings (SSSR count). The van der Waals surface area contributed by atoms with Crippen LogP contribution in [0.5, 0.6) is 0 Å². The summed E-state index contributed by atoms with van der Waals surface area (Å²) in [5, 5.41) is 4.30. The van der Waals surface area contributed by atoms with Crippen molar-refractivity contribution in [3.05, 3.63) is 42.7 Å². The van der Waals surface area contributed by atoms with Crippen LogP contribution in [0, 0.1) is 0 Å². The molecule has 1 N–H and O–H groups in total. The lowest BCUT2D eigenvalue weighted by atomic mass is 10.0. The fraction of sp³-hybridized carbons (Fsp3) is 0.231. The van der Waals surface area contributed by atoms with E-state index in [1.54, 1.807) is 6.26 Å². The second kappa shape index (κ2) is 3.91. The van der Waals surface area contributed by atoms with Gasteiger partial charge in [0.1, 0.15) is 5.58 Å². The molecule has 15 heavy (non-hydrogen) atoms. The van der Waals surface area contributed by atoms with Gasteiger partial charge in [0.25, 0.3) is 0 Å². The molecular weight excluding hydrogens is 186 g/mol. The van der Waals surface area contributed by atoms with Gasteiger partial charge < -0.3 is 9.73 Å². The van der Waals surface area contributed by atoms with Crippen molar-refractivity contribution in [2.45, 2.75) is 13.0 Å². The minimum Gasteiger partial charge on any atom is -0.464 e. The van der Waals surface area contributed by atoms with E-state index < -0.39 is 0 Å². The Morgan fingerprint density at radius 3 is 2.93 bits per heavy atom. The first kappa shape index (κ1) is 9.99. The lowest BCUT2D eigenvalue weighted by molar-refractivity contribution is 0.615. The highest BCUT2D eigenvalue weighted by molar-refractivity contribution is 5.82. The van der Waals surface area contributed by atoms with Crippen LogP contribution in [-0.4, -0.2) is 13.1 Å². The number of hydrogen-bond donors (Lipinski definition) is 1. The molecule has 1 aromatic carbocycles. The van der Waals surface area contributed by atoms with E-state index in [9.17, 15) is 0 Å². The molecule has 78 valence electrons. The zero-order valence-corrected chi connectivity index (χ0v) is 9.08. The molecule has 2 nitrogen and oxygen atoms in total. The number of benzene rings is 1. The minimum absolute atomic E-state index is 0.275. The molecule has 1 aromatic heterocycles. The summed E-state index contributed by atoms with van der Waals surface area (Å²) < 4.78 is 5.36. The van der Waals surface area contributed by atoms with Gasteiger partial charge in [0.2, 0.25) is 0 Å². The van der Waals surface area contributed by atoms with Gasteiger partial charge in [0, 0.05) is 11.4 Å². The number of nitrogens with one attached hydrogen (secondary N) is 1. The second-order valence-electron chi connectivity index (χ2n) is 3.71. The predicted molar refractivity (Wildman–Crippen MR) is 63.8 cm³/mol. The largest absolute Gasteiger partial charge is 0.464 e. The summed E-state index contributed by atoms with van der Waals surface area (Å²) in [7, 11) is 1.93. The van der Waals surface area contributed by atoms with E-state index >= 15 is 0 Å². The van der Waals surface area contributed by atoms with Crippen molar-refractivity contribution in [1.29, 1.82) is 0 Å². The normalized spacial score (nSPS) is 12.9. The van der Waals surface area contributed by atoms with Gasteiger partial charge in [-0.1, -0.05) is 18.7 Å². The second-order valence-corrected chi connectivity index (χ2v) is 3.71. The highest BCUT2D eigenvalue weighted by Crippen LogP contribution is 2.22. The molecular formula is C13H15NO. The summed E-state index contributed by atoms with van der Waals surface area (Å²) >= 11 is 0. The topological polar surface area (TPSA) is 25.2 Å². The van der Waals surface area contributed by atoms with E-state index in [0.29, 0.717) is 0 Å². The van der Waals surface area contributed by atoms with E-state index in [1.165, 1.54) is 0 Å². The third-order valence-electron chi connectivity index (χ3n) is 2.78. The van der Waals surface area contributed by atoms with E-state index in [1.807, 2.05) is 19.2 Å². The fourth-order valence-electron chi connectivity index (χ4n) is 1.58. The lowest BCUT2D eigenvalue weighted by Crippen LogP contribution is -2.22. The molecule has 1 heterocycles. The summed E-state index contributed by atoms with van der Waals surface area (Å²) in [6.45, 7) is 6.17. The Morgan fingerprint density at radius 2 is 2.20 bits per heavy atom. The maximum absolute atomic E-state index is 5.36. The highest BCUT2D eigenvalue weighted by atomic mass is 16.3. The highest BCUT2D eigenvalue weighted by Gasteiger charge is 2.07. The van der Waals surface area contributed by atoms with Crippen LogP contribution in [0.4, 0.5) is 0 Å². The zero-order chi connectivity index (χ0) is 10.8. The monoisotopic (exact) mass is 201 g/mol. The van der Waals surface area contributed by atoms with Gasteiger partial charge in [-0.3, -0.25) is 0 Å². The van der Waals surface area contributed by atoms with Crippen molar-refractivity contribution in [2.24, 2.45) is 0 Å². The van der Waals surface area contributed by atoms with E-state index in [2.05, 4.69) is 31.0 Å². The Kier molecular flexibility index (Phi) is 2.60. The summed E-state index contributed by atoms with van der Waals surface area (Å²) in [4.78, 5) is 0. The minimum atomic E-state index is 0.275. The summed E-state index contributed by atoms with van der Waals surface area (Å²) in [5.74, 6) is 0.